The number of aromatic nitrogens is 1. The number of rotatable bonds is 4. The van der Waals surface area contributed by atoms with E-state index >= 15 is 0 Å². The fourth-order valence-corrected chi connectivity index (χ4v) is 2.72. The Hall–Kier alpha value is -1.38. The molecule has 2 unspecified atom stereocenters. The number of nitrogens with zero attached hydrogens (tertiary/aromatic N) is 1. The van der Waals surface area contributed by atoms with Crippen molar-refractivity contribution in [1.29, 1.82) is 0 Å². The monoisotopic (exact) mass is 261 g/mol. The highest BCUT2D eigenvalue weighted by Crippen LogP contribution is 2.23. The van der Waals surface area contributed by atoms with Crippen molar-refractivity contribution in [3.63, 3.8) is 0 Å². The summed E-state index contributed by atoms with van der Waals surface area (Å²) >= 11 is 0. The van der Waals surface area contributed by atoms with Gasteiger partial charge in [0, 0.05) is 18.2 Å². The number of carbonyl (C=O) groups excluding carboxylic acids is 1. The van der Waals surface area contributed by atoms with Crippen LogP contribution < -0.4 is 9.88 Å². The van der Waals surface area contributed by atoms with E-state index in [1.54, 1.807) is 0 Å². The Morgan fingerprint density at radius 2 is 2.00 bits per heavy atom. The van der Waals surface area contributed by atoms with Crippen LogP contribution in [0.5, 0.6) is 0 Å². The molecule has 1 N–H and O–H groups in total. The average molecular weight is 261 g/mol. The lowest BCUT2D eigenvalue weighted by atomic mass is 9.86. The van der Waals surface area contributed by atoms with Crippen LogP contribution >= 0.6 is 0 Å². The number of hydrogen-bond acceptors (Lipinski definition) is 1. The summed E-state index contributed by atoms with van der Waals surface area (Å²) in [5, 5.41) is 3.20. The number of hydrogen-bond donors (Lipinski definition) is 1. The third-order valence-corrected chi connectivity index (χ3v) is 4.11. The molecule has 1 aliphatic rings. The second-order valence-electron chi connectivity index (χ2n) is 5.80. The molecule has 0 spiro atoms. The van der Waals surface area contributed by atoms with Crippen LogP contribution in [0.15, 0.2) is 24.5 Å². The molecule has 1 aliphatic carbocycles. The predicted molar refractivity (Wildman–Crippen MR) is 75.6 cm³/mol. The normalized spacial score (nSPS) is 23.1. The topological polar surface area (TPSA) is 33.0 Å². The van der Waals surface area contributed by atoms with E-state index in [2.05, 4.69) is 35.9 Å². The third kappa shape index (κ3) is 4.34. The first-order valence-corrected chi connectivity index (χ1v) is 7.40. The van der Waals surface area contributed by atoms with Gasteiger partial charge >= 0.3 is 0 Å². The van der Waals surface area contributed by atoms with E-state index in [-0.39, 0.29) is 5.91 Å². The van der Waals surface area contributed by atoms with Gasteiger partial charge in [0.25, 0.3) is 0 Å². The molecule has 1 fully saturated rings. The van der Waals surface area contributed by atoms with E-state index in [1.807, 2.05) is 12.4 Å². The van der Waals surface area contributed by atoms with Gasteiger partial charge in [-0.1, -0.05) is 19.8 Å². The van der Waals surface area contributed by atoms with Gasteiger partial charge < -0.3 is 5.32 Å². The Morgan fingerprint density at radius 3 is 2.68 bits per heavy atom. The largest absolute Gasteiger partial charge is 0.353 e. The zero-order valence-electron chi connectivity index (χ0n) is 12.1. The van der Waals surface area contributed by atoms with Crippen molar-refractivity contribution in [2.45, 2.75) is 58.5 Å². The number of aryl methyl sites for hydroxylation is 2. The highest BCUT2D eigenvalue weighted by Gasteiger charge is 2.22. The van der Waals surface area contributed by atoms with Gasteiger partial charge in [0.1, 0.15) is 0 Å². The molecule has 1 amide bonds. The van der Waals surface area contributed by atoms with E-state index in [9.17, 15) is 4.79 Å². The minimum Gasteiger partial charge on any atom is -0.353 e. The summed E-state index contributed by atoms with van der Waals surface area (Å²) in [6.07, 6.45) is 9.59. The smallest absolute Gasteiger partial charge is 0.226 e. The maximum Gasteiger partial charge on any atom is 0.226 e. The summed E-state index contributed by atoms with van der Waals surface area (Å²) in [4.78, 5) is 12.0. The van der Waals surface area contributed by atoms with Gasteiger partial charge in [-0.25, -0.2) is 4.57 Å². The molecule has 0 aromatic carbocycles. The fraction of sp³-hybridized carbons (Fsp3) is 0.625. The van der Waals surface area contributed by atoms with Crippen molar-refractivity contribution in [1.82, 2.24) is 5.32 Å². The van der Waals surface area contributed by atoms with Crippen LogP contribution in [0.2, 0.25) is 0 Å². The Labute approximate surface area is 116 Å². The molecule has 1 aromatic rings. The van der Waals surface area contributed by atoms with E-state index in [0.29, 0.717) is 18.4 Å². The van der Waals surface area contributed by atoms with Gasteiger partial charge in [-0.15, -0.1) is 0 Å². The predicted octanol–water partition coefficient (Wildman–Crippen LogP) is 2.37. The summed E-state index contributed by atoms with van der Waals surface area (Å²) in [5.41, 5.74) is 1.25. The summed E-state index contributed by atoms with van der Waals surface area (Å²) in [7, 11) is 0. The highest BCUT2D eigenvalue weighted by molar-refractivity contribution is 5.76. The van der Waals surface area contributed by atoms with E-state index in [4.69, 9.17) is 0 Å². The summed E-state index contributed by atoms with van der Waals surface area (Å²) in [5.74, 6) is 0.816. The number of pyridine rings is 1. The Morgan fingerprint density at radius 1 is 1.32 bits per heavy atom. The molecule has 1 saturated carbocycles. The standard InChI is InChI=1S/C16H24N2O/c1-13-7-10-18(11-8-13)12-9-16(19)17-15-6-4-3-5-14(15)2/h7-8,10-11,14-15H,3-6,9,12H2,1-2H3/p+1. The van der Waals surface area contributed by atoms with Crippen LogP contribution in [-0.4, -0.2) is 11.9 Å². The van der Waals surface area contributed by atoms with Crippen LogP contribution in [0.3, 0.4) is 0 Å². The second-order valence-corrected chi connectivity index (χ2v) is 5.80. The molecular weight excluding hydrogens is 236 g/mol. The van der Waals surface area contributed by atoms with Crippen molar-refractivity contribution in [2.75, 3.05) is 0 Å². The van der Waals surface area contributed by atoms with Crippen LogP contribution in [0, 0.1) is 12.8 Å². The van der Waals surface area contributed by atoms with Crippen LogP contribution in [0.25, 0.3) is 0 Å². The summed E-state index contributed by atoms with van der Waals surface area (Å²) < 4.78 is 2.07. The van der Waals surface area contributed by atoms with Gasteiger partial charge in [-0.2, -0.15) is 0 Å². The maximum atomic E-state index is 12.0. The lowest BCUT2D eigenvalue weighted by molar-refractivity contribution is -0.695. The van der Waals surface area contributed by atoms with E-state index in [0.717, 1.165) is 13.0 Å². The zero-order valence-corrected chi connectivity index (χ0v) is 12.1. The quantitative estimate of drug-likeness (QED) is 0.829. The first kappa shape index (κ1) is 14.0. The molecule has 0 radical (unpaired) electrons. The molecule has 0 saturated heterocycles. The van der Waals surface area contributed by atoms with E-state index in [1.165, 1.54) is 24.8 Å². The van der Waals surface area contributed by atoms with Crippen molar-refractivity contribution >= 4 is 5.91 Å². The SMILES string of the molecule is Cc1cc[n+](CCC(=O)NC2CCCCC2C)cc1. The van der Waals surface area contributed by atoms with Crippen LogP contribution in [0.4, 0.5) is 0 Å². The Bertz CT molecular complexity index is 413. The first-order valence-electron chi connectivity index (χ1n) is 7.40. The van der Waals surface area contributed by atoms with Gasteiger partial charge in [0.05, 0.1) is 6.42 Å². The van der Waals surface area contributed by atoms with Crippen LogP contribution in [0.1, 0.15) is 44.6 Å². The molecule has 2 atom stereocenters. The molecule has 104 valence electrons. The highest BCUT2D eigenvalue weighted by atomic mass is 16.1. The minimum atomic E-state index is 0.187. The lowest BCUT2D eigenvalue weighted by Gasteiger charge is -2.29. The summed E-state index contributed by atoms with van der Waals surface area (Å²) in [6.45, 7) is 5.08. The van der Waals surface area contributed by atoms with Crippen molar-refractivity contribution in [2.24, 2.45) is 5.92 Å². The van der Waals surface area contributed by atoms with Crippen molar-refractivity contribution in [3.8, 4) is 0 Å². The van der Waals surface area contributed by atoms with Crippen LogP contribution in [-0.2, 0) is 11.3 Å². The molecule has 0 bridgehead atoms. The summed E-state index contributed by atoms with van der Waals surface area (Å²) in [6, 6.07) is 4.53. The first-order chi connectivity index (χ1) is 9.15. The molecular formula is C16H25N2O+. The second kappa shape index (κ2) is 6.69. The van der Waals surface area contributed by atoms with Gasteiger partial charge in [0.2, 0.25) is 5.91 Å². The van der Waals surface area contributed by atoms with Gasteiger partial charge in [-0.3, -0.25) is 4.79 Å². The van der Waals surface area contributed by atoms with Crippen molar-refractivity contribution < 1.29 is 9.36 Å². The minimum absolute atomic E-state index is 0.187. The maximum absolute atomic E-state index is 12.0. The molecule has 2 rings (SSSR count). The van der Waals surface area contributed by atoms with Crippen molar-refractivity contribution in [3.05, 3.63) is 30.1 Å². The molecule has 1 heterocycles. The number of carbonyl (C=O) groups is 1. The Kier molecular flexibility index (Phi) is 4.94. The van der Waals surface area contributed by atoms with Gasteiger partial charge in [0.15, 0.2) is 18.9 Å². The number of nitrogens with one attached hydrogen (secondary N) is 1. The molecule has 19 heavy (non-hydrogen) atoms. The third-order valence-electron chi connectivity index (χ3n) is 4.11. The molecule has 3 nitrogen and oxygen atoms in total. The average Bonchev–Trinajstić information content (AvgIpc) is 2.41. The van der Waals surface area contributed by atoms with Gasteiger partial charge in [-0.05, 0) is 31.2 Å². The molecule has 0 aliphatic heterocycles. The lowest BCUT2D eigenvalue weighted by Crippen LogP contribution is -2.43. The van der Waals surface area contributed by atoms with E-state index < -0.39 is 0 Å². The number of amides is 1. The fourth-order valence-electron chi connectivity index (χ4n) is 2.72. The molecule has 3 heteroatoms. The zero-order chi connectivity index (χ0) is 13.7. The molecule has 1 aromatic heterocycles. The Balaban J connectivity index is 1.76.